The normalized spacial score (nSPS) is 12.2. The molecule has 0 bridgehead atoms. The van der Waals surface area contributed by atoms with Crippen LogP contribution in [0.4, 0.5) is 0 Å². The first-order chi connectivity index (χ1) is 12.3. The average molecular weight is 403 g/mol. The quantitative estimate of drug-likeness (QED) is 0.374. The van der Waals surface area contributed by atoms with Gasteiger partial charge in [0, 0.05) is 16.2 Å². The van der Waals surface area contributed by atoms with Crippen LogP contribution in [0.25, 0.3) is 0 Å². The maximum atomic E-state index is 14.6. The number of rotatable bonds is 4. The lowest BCUT2D eigenvalue weighted by atomic mass is 10.0. The number of hydrogen-bond acceptors (Lipinski definition) is 1. The Hall–Kier alpha value is -1.53. The fourth-order valence-electron chi connectivity index (χ4n) is 3.56. The summed E-state index contributed by atoms with van der Waals surface area (Å²) in [6.07, 6.45) is 0. The monoisotopic (exact) mass is 402 g/mol. The van der Waals surface area contributed by atoms with Gasteiger partial charge in [0.15, 0.2) is 7.14 Å². The molecule has 0 fully saturated rings. The van der Waals surface area contributed by atoms with Crippen LogP contribution < -0.4 is 10.6 Å². The Kier molecular flexibility index (Phi) is 5.35. The number of aryl methyl sites for hydroxylation is 3. The van der Waals surface area contributed by atoms with Gasteiger partial charge < -0.3 is 4.57 Å². The molecule has 3 rings (SSSR count). The van der Waals surface area contributed by atoms with Gasteiger partial charge in [0.1, 0.15) is 0 Å². The summed E-state index contributed by atoms with van der Waals surface area (Å²) >= 11 is 14.0. The fraction of sp³-hybridized carbons (Fsp3) is 0.182. The van der Waals surface area contributed by atoms with Crippen LogP contribution in [-0.4, -0.2) is 0 Å². The van der Waals surface area contributed by atoms with Crippen molar-refractivity contribution in [2.75, 3.05) is 0 Å². The fourth-order valence-corrected chi connectivity index (χ4v) is 8.13. The smallest absolute Gasteiger partial charge is 0.203 e. The Morgan fingerprint density at radius 3 is 1.50 bits per heavy atom. The second-order valence-corrected chi connectivity index (χ2v) is 11.4. The molecule has 0 N–H and O–H groups in total. The highest BCUT2D eigenvalue weighted by molar-refractivity contribution is 7.82. The van der Waals surface area contributed by atoms with E-state index in [2.05, 4.69) is 0 Å². The lowest BCUT2D eigenvalue weighted by Crippen LogP contribution is -2.29. The van der Waals surface area contributed by atoms with E-state index in [9.17, 15) is 4.57 Å². The molecule has 0 saturated carbocycles. The molecule has 0 unspecified atom stereocenters. The zero-order chi connectivity index (χ0) is 18.9. The summed E-state index contributed by atoms with van der Waals surface area (Å²) in [4.78, 5) is 0. The third kappa shape index (κ3) is 3.14. The van der Waals surface area contributed by atoms with Crippen molar-refractivity contribution in [2.24, 2.45) is 0 Å². The van der Waals surface area contributed by atoms with E-state index >= 15 is 0 Å². The molecule has 0 aliphatic rings. The Balaban J connectivity index is 2.35. The lowest BCUT2D eigenvalue weighted by Gasteiger charge is -2.34. The summed E-state index contributed by atoms with van der Waals surface area (Å²) < 4.78 is 13.0. The van der Waals surface area contributed by atoms with Crippen molar-refractivity contribution in [3.05, 3.63) is 95.1 Å². The summed E-state index contributed by atoms with van der Waals surface area (Å²) in [6.45, 7) is 5.96. The second-order valence-electron chi connectivity index (χ2n) is 6.60. The molecular weight excluding hydrogens is 382 g/mol. The van der Waals surface area contributed by atoms with Gasteiger partial charge in [-0.3, -0.25) is 0 Å². The largest absolute Gasteiger partial charge is 0.310 e. The predicted molar refractivity (Wildman–Crippen MR) is 114 cm³/mol. The summed E-state index contributed by atoms with van der Waals surface area (Å²) in [5.41, 5.74) is 3.74. The molecule has 3 aromatic rings. The van der Waals surface area contributed by atoms with Crippen molar-refractivity contribution < 1.29 is 4.57 Å². The van der Waals surface area contributed by atoms with E-state index in [1.165, 1.54) is 0 Å². The van der Waals surface area contributed by atoms with E-state index in [4.69, 9.17) is 23.2 Å². The van der Waals surface area contributed by atoms with Crippen molar-refractivity contribution in [2.45, 2.75) is 24.8 Å². The number of benzene rings is 3. The summed E-state index contributed by atoms with van der Waals surface area (Å²) in [5, 5.41) is 1.30. The number of alkyl halides is 2. The summed E-state index contributed by atoms with van der Waals surface area (Å²) in [6, 6.07) is 22.7. The molecule has 0 saturated heterocycles. The van der Waals surface area contributed by atoms with Crippen molar-refractivity contribution in [1.29, 1.82) is 0 Å². The van der Waals surface area contributed by atoms with Gasteiger partial charge in [-0.2, -0.15) is 0 Å². The molecule has 0 heterocycles. The van der Waals surface area contributed by atoms with Crippen LogP contribution in [0, 0.1) is 20.8 Å². The zero-order valence-corrected chi connectivity index (χ0v) is 17.4. The Labute approximate surface area is 165 Å². The van der Waals surface area contributed by atoms with Crippen molar-refractivity contribution in [3.63, 3.8) is 0 Å². The number of hydrogen-bond donors (Lipinski definition) is 0. The topological polar surface area (TPSA) is 17.1 Å². The first-order valence-corrected chi connectivity index (χ1v) is 10.9. The van der Waals surface area contributed by atoms with Crippen molar-refractivity contribution in [1.82, 2.24) is 0 Å². The molecule has 0 radical (unpaired) electrons. The third-order valence-electron chi connectivity index (χ3n) is 4.61. The van der Waals surface area contributed by atoms with Gasteiger partial charge >= 0.3 is 0 Å². The second kappa shape index (κ2) is 7.24. The molecule has 3 aromatic carbocycles. The van der Waals surface area contributed by atoms with Crippen LogP contribution in [-0.2, 0) is 8.64 Å². The van der Waals surface area contributed by atoms with Crippen LogP contribution in [0.5, 0.6) is 0 Å². The van der Waals surface area contributed by atoms with Crippen LogP contribution in [0.15, 0.2) is 72.8 Å². The molecular formula is C22H21Cl2OP. The highest BCUT2D eigenvalue weighted by atomic mass is 35.5. The van der Waals surface area contributed by atoms with E-state index in [0.717, 1.165) is 22.3 Å². The molecule has 0 amide bonds. The maximum absolute atomic E-state index is 14.6. The van der Waals surface area contributed by atoms with Gasteiger partial charge in [-0.25, -0.2) is 0 Å². The van der Waals surface area contributed by atoms with Crippen molar-refractivity contribution in [3.8, 4) is 0 Å². The highest BCUT2D eigenvalue weighted by Gasteiger charge is 2.50. The van der Waals surface area contributed by atoms with Crippen molar-refractivity contribution >= 4 is 41.0 Å². The minimum Gasteiger partial charge on any atom is -0.310 e. The lowest BCUT2D eigenvalue weighted by molar-refractivity contribution is 0.583. The molecule has 134 valence electrons. The molecule has 0 aromatic heterocycles. The molecule has 0 aliphatic heterocycles. The van der Waals surface area contributed by atoms with Crippen LogP contribution in [0.2, 0.25) is 0 Å². The van der Waals surface area contributed by atoms with Crippen LogP contribution in [0.3, 0.4) is 0 Å². The first-order valence-electron chi connectivity index (χ1n) is 8.46. The molecule has 1 nitrogen and oxygen atoms in total. The summed E-state index contributed by atoms with van der Waals surface area (Å²) in [7, 11) is -3.39. The van der Waals surface area contributed by atoms with Gasteiger partial charge in [-0.1, -0.05) is 102 Å². The number of halogens is 2. The Morgan fingerprint density at radius 2 is 1.12 bits per heavy atom. The van der Waals surface area contributed by atoms with E-state index < -0.39 is 11.2 Å². The SMILES string of the molecule is Cc1cc(C)c(C(Cl)(Cl)P(=O)(c2ccccc2)c2ccccc2)c(C)c1. The van der Waals surface area contributed by atoms with E-state index in [1.54, 1.807) is 0 Å². The zero-order valence-electron chi connectivity index (χ0n) is 15.0. The average Bonchev–Trinajstić information content (AvgIpc) is 2.61. The molecule has 0 atom stereocenters. The Bertz CT molecular complexity index is 899. The third-order valence-corrected chi connectivity index (χ3v) is 9.48. The molecule has 4 heteroatoms. The van der Waals surface area contributed by atoms with Gasteiger partial charge in [0.2, 0.25) is 4.07 Å². The van der Waals surface area contributed by atoms with Crippen LogP contribution >= 0.6 is 30.3 Å². The minimum absolute atomic E-state index is 0.649. The standard InChI is InChI=1S/C22H21Cl2OP/c1-16-14-17(2)21(18(3)15-16)22(23,24)26(25,19-10-6-4-7-11-19)20-12-8-5-9-13-20/h4-15H,1-3H3. The van der Waals surface area contributed by atoms with Gasteiger partial charge in [0.25, 0.3) is 0 Å². The van der Waals surface area contributed by atoms with Crippen LogP contribution in [0.1, 0.15) is 22.3 Å². The minimum atomic E-state index is -3.39. The van der Waals surface area contributed by atoms with Gasteiger partial charge in [0.05, 0.1) is 0 Å². The Morgan fingerprint density at radius 1 is 0.731 bits per heavy atom. The summed E-state index contributed by atoms with van der Waals surface area (Å²) in [5.74, 6) is 0. The predicted octanol–water partition coefficient (Wildman–Crippen LogP) is 6.21. The van der Waals surface area contributed by atoms with E-state index in [0.29, 0.717) is 10.6 Å². The van der Waals surface area contributed by atoms with E-state index in [1.807, 2.05) is 93.6 Å². The maximum Gasteiger partial charge on any atom is 0.203 e. The van der Waals surface area contributed by atoms with E-state index in [-0.39, 0.29) is 0 Å². The molecule has 0 aliphatic carbocycles. The van der Waals surface area contributed by atoms with Gasteiger partial charge in [-0.15, -0.1) is 0 Å². The first kappa shape index (κ1) is 19.2. The van der Waals surface area contributed by atoms with Gasteiger partial charge in [-0.05, 0) is 31.9 Å². The molecule has 0 spiro atoms. The molecule has 26 heavy (non-hydrogen) atoms. The highest BCUT2D eigenvalue weighted by Crippen LogP contribution is 2.67.